The van der Waals surface area contributed by atoms with Crippen LogP contribution in [-0.2, 0) is 9.59 Å². The summed E-state index contributed by atoms with van der Waals surface area (Å²) >= 11 is 0. The zero-order chi connectivity index (χ0) is 24.6. The van der Waals surface area contributed by atoms with E-state index in [-0.39, 0.29) is 23.8 Å². The van der Waals surface area contributed by atoms with Gasteiger partial charge in [-0.3, -0.25) is 14.4 Å². The third-order valence-electron chi connectivity index (χ3n) is 6.39. The maximum atomic E-state index is 13.8. The van der Waals surface area contributed by atoms with E-state index in [1.807, 2.05) is 37.7 Å². The molecular weight excluding hydrogens is 437 g/mol. The van der Waals surface area contributed by atoms with Gasteiger partial charge >= 0.3 is 0 Å². The van der Waals surface area contributed by atoms with Crippen molar-refractivity contribution in [1.29, 1.82) is 0 Å². The van der Waals surface area contributed by atoms with E-state index in [0.29, 0.717) is 66.3 Å². The van der Waals surface area contributed by atoms with Crippen LogP contribution in [0.2, 0.25) is 0 Å². The molecule has 0 radical (unpaired) electrons. The van der Waals surface area contributed by atoms with Gasteiger partial charge in [0.25, 0.3) is 11.8 Å². The van der Waals surface area contributed by atoms with Gasteiger partial charge in [-0.2, -0.15) is 0 Å². The number of nitrogens with one attached hydrogen (secondary N) is 3. The molecule has 0 atom stereocenters. The molecule has 2 aliphatic heterocycles. The third-order valence-corrected chi connectivity index (χ3v) is 6.39. The summed E-state index contributed by atoms with van der Waals surface area (Å²) in [7, 11) is 3.74. The fraction of sp³-hybridized carbons (Fsp3) is 0.400. The van der Waals surface area contributed by atoms with E-state index >= 15 is 0 Å². The summed E-state index contributed by atoms with van der Waals surface area (Å²) in [5.41, 5.74) is 3.99. The summed E-state index contributed by atoms with van der Waals surface area (Å²) in [5.74, 6) is -0.817. The van der Waals surface area contributed by atoms with Crippen molar-refractivity contribution in [2.75, 3.05) is 39.0 Å². The van der Waals surface area contributed by atoms with Crippen molar-refractivity contribution in [1.82, 2.24) is 20.1 Å². The van der Waals surface area contributed by atoms with Gasteiger partial charge in [-0.1, -0.05) is 0 Å². The number of fused-ring (bicyclic) bond motifs is 1. The Balaban J connectivity index is 1.47. The van der Waals surface area contributed by atoms with Crippen molar-refractivity contribution in [3.63, 3.8) is 0 Å². The first-order valence-electron chi connectivity index (χ1n) is 11.4. The summed E-state index contributed by atoms with van der Waals surface area (Å²) in [6.45, 7) is 5.25. The number of hydrogen-bond donors (Lipinski definition) is 3. The number of aromatic nitrogens is 1. The maximum Gasteiger partial charge on any atom is 0.256 e. The molecule has 2 aliphatic rings. The molecule has 0 unspecified atom stereocenters. The molecule has 3 N–H and O–H groups in total. The predicted octanol–water partition coefficient (Wildman–Crippen LogP) is 2.55. The second-order valence-corrected chi connectivity index (χ2v) is 9.23. The number of carbonyl (C=O) groups excluding carboxylic acids is 3. The normalized spacial score (nSPS) is 17.3. The van der Waals surface area contributed by atoms with Crippen LogP contribution in [0.4, 0.5) is 10.1 Å². The number of aryl methyl sites for hydroxylation is 1. The Morgan fingerprint density at radius 2 is 1.94 bits per heavy atom. The Morgan fingerprint density at radius 1 is 1.24 bits per heavy atom. The van der Waals surface area contributed by atoms with Gasteiger partial charge in [0.15, 0.2) is 0 Å². The Kier molecular flexibility index (Phi) is 6.56. The van der Waals surface area contributed by atoms with Gasteiger partial charge in [-0.25, -0.2) is 4.39 Å². The molecule has 3 heterocycles. The number of rotatable bonds is 5. The average Bonchev–Trinajstić information content (AvgIpc) is 3.23. The van der Waals surface area contributed by atoms with Crippen LogP contribution in [0.25, 0.3) is 11.6 Å². The number of piperidine rings is 1. The number of anilines is 1. The number of aromatic amines is 1. The number of nitrogens with zero attached hydrogens (tertiary/aromatic N) is 2. The first-order chi connectivity index (χ1) is 16.1. The number of benzene rings is 1. The number of carbonyl (C=O) groups is 3. The minimum atomic E-state index is -0.421. The summed E-state index contributed by atoms with van der Waals surface area (Å²) in [6.07, 6.45) is 3.06. The second-order valence-electron chi connectivity index (χ2n) is 9.23. The van der Waals surface area contributed by atoms with Crippen molar-refractivity contribution in [3.05, 3.63) is 52.1 Å². The monoisotopic (exact) mass is 467 g/mol. The first-order valence-corrected chi connectivity index (χ1v) is 11.4. The molecule has 1 fully saturated rings. The van der Waals surface area contributed by atoms with Crippen LogP contribution in [0.15, 0.2) is 18.2 Å². The van der Waals surface area contributed by atoms with Crippen LogP contribution < -0.4 is 10.6 Å². The molecular formula is C25H30FN5O3. The van der Waals surface area contributed by atoms with E-state index in [1.54, 1.807) is 6.08 Å². The van der Waals surface area contributed by atoms with Crippen LogP contribution in [0.3, 0.4) is 0 Å². The van der Waals surface area contributed by atoms with E-state index in [1.165, 1.54) is 18.2 Å². The Hall–Kier alpha value is -3.46. The van der Waals surface area contributed by atoms with Crippen molar-refractivity contribution < 1.29 is 18.8 Å². The van der Waals surface area contributed by atoms with Gasteiger partial charge in [0.1, 0.15) is 5.82 Å². The summed E-state index contributed by atoms with van der Waals surface area (Å²) in [6, 6.07) is 4.15. The zero-order valence-electron chi connectivity index (χ0n) is 19.9. The smallest absolute Gasteiger partial charge is 0.256 e. The van der Waals surface area contributed by atoms with Gasteiger partial charge < -0.3 is 25.4 Å². The topological polar surface area (TPSA) is 97.5 Å². The molecule has 4 rings (SSSR count). The highest BCUT2D eigenvalue weighted by atomic mass is 19.1. The van der Waals surface area contributed by atoms with E-state index in [0.717, 1.165) is 5.56 Å². The quantitative estimate of drug-likeness (QED) is 0.589. The van der Waals surface area contributed by atoms with E-state index < -0.39 is 5.82 Å². The van der Waals surface area contributed by atoms with E-state index in [2.05, 4.69) is 15.6 Å². The molecule has 34 heavy (non-hydrogen) atoms. The van der Waals surface area contributed by atoms with Gasteiger partial charge in [0.05, 0.1) is 17.7 Å². The summed E-state index contributed by atoms with van der Waals surface area (Å²) in [4.78, 5) is 44.7. The number of likely N-dealkylation sites (N-methyl/N-ethyl adjacent to an activating group) is 1. The molecule has 0 aliphatic carbocycles. The molecule has 0 spiro atoms. The van der Waals surface area contributed by atoms with Crippen molar-refractivity contribution in [2.24, 2.45) is 0 Å². The van der Waals surface area contributed by atoms with E-state index in [4.69, 9.17) is 0 Å². The fourth-order valence-electron chi connectivity index (χ4n) is 4.61. The highest BCUT2D eigenvalue weighted by molar-refractivity contribution is 6.34. The maximum absolute atomic E-state index is 13.8. The van der Waals surface area contributed by atoms with E-state index in [9.17, 15) is 18.8 Å². The van der Waals surface area contributed by atoms with Gasteiger partial charge in [-0.15, -0.1) is 0 Å². The lowest BCUT2D eigenvalue weighted by Gasteiger charge is -2.33. The molecule has 180 valence electrons. The number of likely N-dealkylation sites (tertiary alicyclic amines) is 1. The van der Waals surface area contributed by atoms with Crippen LogP contribution in [0.5, 0.6) is 0 Å². The largest absolute Gasteiger partial charge is 0.358 e. The minimum Gasteiger partial charge on any atom is -0.358 e. The predicted molar refractivity (Wildman–Crippen MR) is 129 cm³/mol. The van der Waals surface area contributed by atoms with Crippen LogP contribution in [0.1, 0.15) is 45.7 Å². The molecule has 0 saturated carbocycles. The first kappa shape index (κ1) is 23.7. The number of halogens is 1. The molecule has 8 nitrogen and oxygen atoms in total. The molecule has 9 heteroatoms. The van der Waals surface area contributed by atoms with Crippen molar-refractivity contribution in [2.45, 2.75) is 32.7 Å². The van der Waals surface area contributed by atoms with Crippen LogP contribution in [0, 0.1) is 19.7 Å². The summed E-state index contributed by atoms with van der Waals surface area (Å²) < 4.78 is 13.8. The third kappa shape index (κ3) is 4.75. The molecule has 1 saturated heterocycles. The minimum absolute atomic E-state index is 0.0122. The molecule has 2 aromatic rings. The Bertz CT molecular complexity index is 1180. The number of H-pyrrole nitrogens is 1. The lowest BCUT2D eigenvalue weighted by molar-refractivity contribution is -0.132. The van der Waals surface area contributed by atoms with Crippen LogP contribution >= 0.6 is 0 Å². The van der Waals surface area contributed by atoms with Gasteiger partial charge in [0.2, 0.25) is 5.91 Å². The number of hydrogen-bond acceptors (Lipinski definition) is 4. The highest BCUT2D eigenvalue weighted by Gasteiger charge is 2.28. The standard InChI is InChI=1S/C25H30FN5O3/c1-14-21(12-19-18-11-16(26)5-6-20(18)29-24(19)33)27-15(2)23(14)25(34)28-17-7-9-31(10-8-17)22(32)13-30(3)4/h5-6,11-12,17,27H,7-10,13H2,1-4H3,(H,28,34)(H,29,33)/b19-12-. The molecule has 1 aromatic heterocycles. The Morgan fingerprint density at radius 3 is 2.62 bits per heavy atom. The molecule has 0 bridgehead atoms. The van der Waals surface area contributed by atoms with Crippen molar-refractivity contribution >= 4 is 35.1 Å². The second kappa shape index (κ2) is 9.42. The highest BCUT2D eigenvalue weighted by Crippen LogP contribution is 2.34. The van der Waals surface area contributed by atoms with Crippen LogP contribution in [-0.4, -0.2) is 72.3 Å². The van der Waals surface area contributed by atoms with Gasteiger partial charge in [0, 0.05) is 41.8 Å². The lowest BCUT2D eigenvalue weighted by atomic mass is 10.0. The Labute approximate surface area is 198 Å². The molecule has 1 aromatic carbocycles. The molecule has 3 amide bonds. The fourth-order valence-corrected chi connectivity index (χ4v) is 4.61. The average molecular weight is 468 g/mol. The SMILES string of the molecule is Cc1[nH]c(/C=C2\C(=O)Nc3ccc(F)cc32)c(C)c1C(=O)NC1CCN(C(=O)CN(C)C)CC1. The zero-order valence-corrected chi connectivity index (χ0v) is 19.9. The summed E-state index contributed by atoms with van der Waals surface area (Å²) in [5, 5.41) is 5.84. The lowest BCUT2D eigenvalue weighted by Crippen LogP contribution is -2.48. The number of amides is 3. The van der Waals surface area contributed by atoms with Crippen molar-refractivity contribution in [3.8, 4) is 0 Å². The van der Waals surface area contributed by atoms with Gasteiger partial charge in [-0.05, 0) is 70.6 Å².